The zero-order chi connectivity index (χ0) is 16.4. The fourth-order valence-corrected chi connectivity index (χ4v) is 3.47. The summed E-state index contributed by atoms with van der Waals surface area (Å²) in [4.78, 5) is 25.0. The smallest absolute Gasteiger partial charge is 0.266 e. The molecule has 7 heteroatoms. The Morgan fingerprint density at radius 1 is 1.45 bits per heavy atom. The van der Waals surface area contributed by atoms with Gasteiger partial charge >= 0.3 is 0 Å². The van der Waals surface area contributed by atoms with E-state index >= 15 is 0 Å². The van der Waals surface area contributed by atoms with Gasteiger partial charge in [0.15, 0.2) is 0 Å². The maximum absolute atomic E-state index is 13.2. The highest BCUT2D eigenvalue weighted by atomic mass is 32.2. The molecule has 2 rings (SSSR count). The van der Waals surface area contributed by atoms with E-state index in [9.17, 15) is 19.1 Å². The van der Waals surface area contributed by atoms with Crippen LogP contribution in [0.25, 0.3) is 6.08 Å². The number of hydrogen-bond acceptors (Lipinski definition) is 5. The Kier molecular flexibility index (Phi) is 4.97. The molecule has 4 nitrogen and oxygen atoms in total. The minimum Gasteiger partial charge on any atom is -0.548 e. The van der Waals surface area contributed by atoms with Crippen molar-refractivity contribution in [2.45, 2.75) is 19.9 Å². The van der Waals surface area contributed by atoms with Crippen molar-refractivity contribution in [3.63, 3.8) is 0 Å². The molecular weight excluding hydrogens is 325 g/mol. The summed E-state index contributed by atoms with van der Waals surface area (Å²) in [7, 11) is 0. The molecule has 1 atom stereocenters. The lowest BCUT2D eigenvalue weighted by molar-refractivity contribution is -0.311. The van der Waals surface area contributed by atoms with Gasteiger partial charge in [-0.05, 0) is 29.7 Å². The van der Waals surface area contributed by atoms with Crippen molar-refractivity contribution in [3.8, 4) is 0 Å². The molecule has 0 bridgehead atoms. The van der Waals surface area contributed by atoms with Gasteiger partial charge in [-0.15, -0.1) is 0 Å². The third kappa shape index (κ3) is 3.36. The van der Waals surface area contributed by atoms with Gasteiger partial charge in [0.25, 0.3) is 5.91 Å². The summed E-state index contributed by atoms with van der Waals surface area (Å²) >= 11 is 6.11. The van der Waals surface area contributed by atoms with E-state index in [2.05, 4.69) is 0 Å². The highest BCUT2D eigenvalue weighted by Gasteiger charge is 2.38. The number of thioether (sulfide) groups is 1. The molecule has 116 valence electrons. The lowest BCUT2D eigenvalue weighted by atomic mass is 10.0. The molecule has 1 aliphatic heterocycles. The summed E-state index contributed by atoms with van der Waals surface area (Å²) in [6.07, 6.45) is 1.50. The lowest BCUT2D eigenvalue weighted by Gasteiger charge is -2.30. The normalized spacial score (nSPS) is 18.4. The van der Waals surface area contributed by atoms with Crippen LogP contribution in [0.4, 0.5) is 4.39 Å². The molecule has 1 heterocycles. The molecule has 0 N–H and O–H groups in total. The largest absolute Gasteiger partial charge is 0.548 e. The van der Waals surface area contributed by atoms with E-state index in [1.54, 1.807) is 19.9 Å². The third-order valence-corrected chi connectivity index (χ3v) is 4.45. The molecule has 0 aliphatic carbocycles. The summed E-state index contributed by atoms with van der Waals surface area (Å²) in [5.74, 6) is -2.61. The molecule has 1 aromatic rings. The van der Waals surface area contributed by atoms with E-state index in [0.29, 0.717) is 5.56 Å². The van der Waals surface area contributed by atoms with Crippen LogP contribution in [0.3, 0.4) is 0 Å². The molecule has 22 heavy (non-hydrogen) atoms. The summed E-state index contributed by atoms with van der Waals surface area (Å²) in [5, 5.41) is 11.3. The maximum Gasteiger partial charge on any atom is 0.266 e. The van der Waals surface area contributed by atoms with Crippen LogP contribution in [-0.4, -0.2) is 27.1 Å². The number of halogens is 1. The second-order valence-electron chi connectivity index (χ2n) is 5.11. The second-order valence-corrected chi connectivity index (χ2v) is 6.79. The number of thiocarbonyl (C=S) groups is 1. The number of rotatable bonds is 4. The Hall–Kier alpha value is -1.73. The summed E-state index contributed by atoms with van der Waals surface area (Å²) < 4.78 is 13.4. The van der Waals surface area contributed by atoms with E-state index < -0.39 is 23.7 Å². The van der Waals surface area contributed by atoms with Crippen LogP contribution in [0.2, 0.25) is 0 Å². The van der Waals surface area contributed by atoms with Gasteiger partial charge in [0.1, 0.15) is 10.1 Å². The minimum absolute atomic E-state index is 0.163. The van der Waals surface area contributed by atoms with Gasteiger partial charge in [-0.1, -0.05) is 50.0 Å². The van der Waals surface area contributed by atoms with Crippen molar-refractivity contribution in [2.24, 2.45) is 5.92 Å². The van der Waals surface area contributed by atoms with Crippen LogP contribution >= 0.6 is 24.0 Å². The highest BCUT2D eigenvalue weighted by Crippen LogP contribution is 2.35. The Balaban J connectivity index is 2.34. The quantitative estimate of drug-likeness (QED) is 0.619. The van der Waals surface area contributed by atoms with Crippen molar-refractivity contribution >= 4 is 46.3 Å². The fourth-order valence-electron chi connectivity index (χ4n) is 2.14. The van der Waals surface area contributed by atoms with Gasteiger partial charge in [-0.2, -0.15) is 0 Å². The van der Waals surface area contributed by atoms with Gasteiger partial charge in [0.05, 0.1) is 16.9 Å². The number of carboxylic acid groups (broad SMARTS) is 1. The standard InChI is InChI=1S/C15H14FNO3S2/c1-8(2)12(14(19)20)17-13(18)11(22-15(17)21)7-9-4-3-5-10(16)6-9/h3-8,12H,1-2H3,(H,19,20)/p-1/b11-7-/t12-/m1/s1. The highest BCUT2D eigenvalue weighted by molar-refractivity contribution is 8.26. The van der Waals surface area contributed by atoms with Crippen LogP contribution in [-0.2, 0) is 9.59 Å². The predicted molar refractivity (Wildman–Crippen MR) is 85.0 cm³/mol. The third-order valence-electron chi connectivity index (χ3n) is 3.12. The van der Waals surface area contributed by atoms with Crippen molar-refractivity contribution in [2.75, 3.05) is 0 Å². The number of nitrogens with zero attached hydrogens (tertiary/aromatic N) is 1. The first-order valence-corrected chi connectivity index (χ1v) is 7.77. The maximum atomic E-state index is 13.2. The van der Waals surface area contributed by atoms with Crippen LogP contribution in [0.15, 0.2) is 29.2 Å². The van der Waals surface area contributed by atoms with Crippen molar-refractivity contribution in [3.05, 3.63) is 40.6 Å². The zero-order valence-electron chi connectivity index (χ0n) is 11.9. The topological polar surface area (TPSA) is 60.4 Å². The summed E-state index contributed by atoms with van der Waals surface area (Å²) in [5.41, 5.74) is 0.509. The minimum atomic E-state index is -1.35. The van der Waals surface area contributed by atoms with Crippen molar-refractivity contribution in [1.82, 2.24) is 4.90 Å². The van der Waals surface area contributed by atoms with Gasteiger partial charge in [0, 0.05) is 0 Å². The van der Waals surface area contributed by atoms with Crippen LogP contribution in [0.5, 0.6) is 0 Å². The first-order chi connectivity index (χ1) is 10.3. The summed E-state index contributed by atoms with van der Waals surface area (Å²) in [6, 6.07) is 4.64. The molecule has 0 radical (unpaired) electrons. The van der Waals surface area contributed by atoms with Gasteiger partial charge in [0.2, 0.25) is 0 Å². The summed E-state index contributed by atoms with van der Waals surface area (Å²) in [6.45, 7) is 3.35. The second kappa shape index (κ2) is 6.58. The number of amides is 1. The van der Waals surface area contributed by atoms with Crippen molar-refractivity contribution in [1.29, 1.82) is 0 Å². The molecule has 0 aromatic heterocycles. The van der Waals surface area contributed by atoms with Crippen LogP contribution in [0.1, 0.15) is 19.4 Å². The molecule has 1 aromatic carbocycles. The van der Waals surface area contributed by atoms with E-state index in [-0.39, 0.29) is 15.1 Å². The zero-order valence-corrected chi connectivity index (χ0v) is 13.5. The van der Waals surface area contributed by atoms with Gasteiger partial charge in [-0.3, -0.25) is 9.69 Å². The number of carboxylic acids is 1. The van der Waals surface area contributed by atoms with E-state index in [0.717, 1.165) is 16.7 Å². The van der Waals surface area contributed by atoms with E-state index in [1.807, 2.05) is 0 Å². The molecule has 1 saturated heterocycles. The Labute approximate surface area is 137 Å². The molecule has 1 fully saturated rings. The number of carbonyl (C=O) groups is 2. The Morgan fingerprint density at radius 2 is 2.14 bits per heavy atom. The number of carbonyl (C=O) groups excluding carboxylic acids is 2. The van der Waals surface area contributed by atoms with Gasteiger partial charge < -0.3 is 9.90 Å². The predicted octanol–water partition coefficient (Wildman–Crippen LogP) is 1.80. The average Bonchev–Trinajstić information content (AvgIpc) is 2.66. The number of aliphatic carboxylic acids is 1. The Bertz CT molecular complexity index is 673. The Morgan fingerprint density at radius 3 is 2.68 bits per heavy atom. The van der Waals surface area contributed by atoms with E-state index in [1.165, 1.54) is 24.3 Å². The molecule has 0 unspecified atom stereocenters. The van der Waals surface area contributed by atoms with Gasteiger partial charge in [-0.25, -0.2) is 4.39 Å². The average molecular weight is 338 g/mol. The molecule has 0 spiro atoms. The van der Waals surface area contributed by atoms with Crippen LogP contribution in [0, 0.1) is 11.7 Å². The first kappa shape index (κ1) is 16.6. The molecular formula is C15H13FNO3S2-. The number of hydrogen-bond donors (Lipinski definition) is 0. The molecule has 1 aliphatic rings. The molecule has 0 saturated carbocycles. The lowest BCUT2D eigenvalue weighted by Crippen LogP contribution is -2.52. The first-order valence-electron chi connectivity index (χ1n) is 6.54. The SMILES string of the molecule is CC(C)[C@H](C(=O)[O-])N1C(=O)/C(=C/c2cccc(F)c2)SC1=S. The number of benzene rings is 1. The fraction of sp³-hybridized carbons (Fsp3) is 0.267. The van der Waals surface area contributed by atoms with Crippen molar-refractivity contribution < 1.29 is 19.1 Å². The molecule has 1 amide bonds. The van der Waals surface area contributed by atoms with E-state index in [4.69, 9.17) is 12.2 Å². The van der Waals surface area contributed by atoms with Crippen LogP contribution < -0.4 is 5.11 Å². The monoisotopic (exact) mass is 338 g/mol.